The molecule has 122 valence electrons. The minimum Gasteiger partial charge on any atom is -0.318 e. The number of thioether (sulfide) groups is 1. The van der Waals surface area contributed by atoms with Crippen LogP contribution in [0.5, 0.6) is 0 Å². The zero-order valence-electron chi connectivity index (χ0n) is 13.6. The molecule has 0 spiro atoms. The summed E-state index contributed by atoms with van der Waals surface area (Å²) in [6, 6.07) is 10.5. The maximum atomic E-state index is 4.89. The van der Waals surface area contributed by atoms with Gasteiger partial charge in [-0.3, -0.25) is 4.99 Å². The summed E-state index contributed by atoms with van der Waals surface area (Å²) in [6.45, 7) is 5.62. The summed E-state index contributed by atoms with van der Waals surface area (Å²) in [5.74, 6) is 2.61. The van der Waals surface area contributed by atoms with Gasteiger partial charge in [0.1, 0.15) is 10.9 Å². The van der Waals surface area contributed by atoms with Crippen LogP contribution in [0.3, 0.4) is 0 Å². The molecule has 7 heteroatoms. The van der Waals surface area contributed by atoms with E-state index in [9.17, 15) is 0 Å². The minimum atomic E-state index is 0.794. The highest BCUT2D eigenvalue weighted by atomic mass is 32.2. The lowest BCUT2D eigenvalue weighted by Crippen LogP contribution is -2.17. The molecule has 3 aromatic rings. The first kappa shape index (κ1) is 15.5. The summed E-state index contributed by atoms with van der Waals surface area (Å²) in [6.07, 6.45) is 0. The van der Waals surface area contributed by atoms with E-state index in [4.69, 9.17) is 4.98 Å². The Morgan fingerprint density at radius 1 is 1.17 bits per heavy atom. The van der Waals surface area contributed by atoms with Crippen LogP contribution in [0.2, 0.25) is 0 Å². The second-order valence-corrected chi connectivity index (χ2v) is 7.34. The number of hydrogen-bond donors (Lipinski definition) is 0. The van der Waals surface area contributed by atoms with Gasteiger partial charge in [0.05, 0.1) is 18.0 Å². The molecule has 0 N–H and O–H groups in total. The van der Waals surface area contributed by atoms with Gasteiger partial charge in [0.2, 0.25) is 0 Å². The summed E-state index contributed by atoms with van der Waals surface area (Å²) < 4.78 is 6.55. The summed E-state index contributed by atoms with van der Waals surface area (Å²) in [7, 11) is 0. The first-order valence-electron chi connectivity index (χ1n) is 7.82. The molecule has 0 unspecified atom stereocenters. The first-order chi connectivity index (χ1) is 11.7. The van der Waals surface area contributed by atoms with Crippen LogP contribution in [0, 0.1) is 6.92 Å². The Morgan fingerprint density at radius 3 is 2.75 bits per heavy atom. The van der Waals surface area contributed by atoms with E-state index in [-0.39, 0.29) is 0 Å². The van der Waals surface area contributed by atoms with Crippen LogP contribution in [0.15, 0.2) is 40.4 Å². The normalized spacial score (nSPS) is 13.7. The summed E-state index contributed by atoms with van der Waals surface area (Å²) in [5.41, 5.74) is 3.48. The Morgan fingerprint density at radius 2 is 2.00 bits per heavy atom. The molecular formula is C17H17N5S2. The Kier molecular flexibility index (Phi) is 4.20. The van der Waals surface area contributed by atoms with Crippen LogP contribution in [-0.2, 0) is 12.3 Å². The van der Waals surface area contributed by atoms with Crippen molar-refractivity contribution in [1.29, 1.82) is 0 Å². The predicted octanol–water partition coefficient (Wildman–Crippen LogP) is 3.82. The number of hydrogen-bond acceptors (Lipinski definition) is 6. The number of aliphatic imine (C=N–C) groups is 1. The van der Waals surface area contributed by atoms with Crippen molar-refractivity contribution in [1.82, 2.24) is 18.9 Å². The van der Waals surface area contributed by atoms with E-state index < -0.39 is 0 Å². The van der Waals surface area contributed by atoms with Crippen molar-refractivity contribution in [3.05, 3.63) is 47.4 Å². The molecule has 1 aliphatic rings. The fourth-order valence-corrected chi connectivity index (χ4v) is 4.48. The molecule has 1 aromatic carbocycles. The molecule has 5 nitrogen and oxygen atoms in total. The van der Waals surface area contributed by atoms with Crippen molar-refractivity contribution in [2.45, 2.75) is 31.2 Å². The molecule has 0 radical (unpaired) electrons. The van der Waals surface area contributed by atoms with E-state index in [0.717, 1.165) is 51.9 Å². The van der Waals surface area contributed by atoms with Crippen molar-refractivity contribution < 1.29 is 0 Å². The molecule has 24 heavy (non-hydrogen) atoms. The second kappa shape index (κ2) is 6.49. The minimum absolute atomic E-state index is 0.794. The Balaban J connectivity index is 1.71. The van der Waals surface area contributed by atoms with Gasteiger partial charge in [0, 0.05) is 12.3 Å². The zero-order valence-corrected chi connectivity index (χ0v) is 15.2. The Labute approximate surface area is 149 Å². The van der Waals surface area contributed by atoms with Gasteiger partial charge in [-0.1, -0.05) is 42.1 Å². The molecule has 0 saturated heterocycles. The van der Waals surface area contributed by atoms with Crippen LogP contribution >= 0.6 is 23.3 Å². The van der Waals surface area contributed by atoms with Crippen LogP contribution < -0.4 is 0 Å². The average Bonchev–Trinajstić information content (AvgIpc) is 3.18. The van der Waals surface area contributed by atoms with E-state index in [2.05, 4.69) is 50.1 Å². The van der Waals surface area contributed by atoms with Gasteiger partial charge in [-0.2, -0.15) is 4.37 Å². The predicted molar refractivity (Wildman–Crippen MR) is 98.9 cm³/mol. The van der Waals surface area contributed by atoms with Crippen LogP contribution in [0.25, 0.3) is 10.8 Å². The number of aryl methyl sites for hydroxylation is 1. The number of imidazole rings is 1. The third-order valence-corrected chi connectivity index (χ3v) is 5.73. The van der Waals surface area contributed by atoms with Crippen molar-refractivity contribution in [3.8, 4) is 10.8 Å². The zero-order chi connectivity index (χ0) is 16.5. The molecule has 3 heterocycles. The summed E-state index contributed by atoms with van der Waals surface area (Å²) in [4.78, 5) is 14.0. The molecule has 0 atom stereocenters. The highest BCUT2D eigenvalue weighted by molar-refractivity contribution is 7.98. The van der Waals surface area contributed by atoms with Crippen LogP contribution in [0.4, 0.5) is 0 Å². The van der Waals surface area contributed by atoms with Gasteiger partial charge >= 0.3 is 0 Å². The molecule has 2 aromatic heterocycles. The lowest BCUT2D eigenvalue weighted by atomic mass is 10.2. The SMILES string of the molecule is CC1=NCCn2c(-c3nc(C)ns3)nc(SCc3ccccc3)c21. The van der Waals surface area contributed by atoms with Gasteiger partial charge in [0.25, 0.3) is 0 Å². The Bertz CT molecular complexity index is 895. The van der Waals surface area contributed by atoms with Crippen molar-refractivity contribution in [2.75, 3.05) is 6.54 Å². The van der Waals surface area contributed by atoms with Gasteiger partial charge in [-0.05, 0) is 30.9 Å². The average molecular weight is 355 g/mol. The van der Waals surface area contributed by atoms with E-state index >= 15 is 0 Å². The van der Waals surface area contributed by atoms with Crippen LogP contribution in [-0.4, -0.2) is 31.2 Å². The lowest BCUT2D eigenvalue weighted by molar-refractivity contribution is 0.688. The summed E-state index contributed by atoms with van der Waals surface area (Å²) in [5, 5.41) is 1.91. The number of benzene rings is 1. The third kappa shape index (κ3) is 2.89. The number of aromatic nitrogens is 4. The van der Waals surface area contributed by atoms with E-state index in [1.165, 1.54) is 17.1 Å². The molecule has 0 bridgehead atoms. The quantitative estimate of drug-likeness (QED) is 0.668. The monoisotopic (exact) mass is 355 g/mol. The summed E-state index contributed by atoms with van der Waals surface area (Å²) >= 11 is 3.17. The molecular weight excluding hydrogens is 338 g/mol. The maximum absolute atomic E-state index is 4.89. The molecule has 0 amide bonds. The highest BCUT2D eigenvalue weighted by Gasteiger charge is 2.24. The number of nitrogens with zero attached hydrogens (tertiary/aromatic N) is 5. The molecule has 0 fully saturated rings. The standard InChI is InChI=1S/C17H17N5S2/c1-11-14-16(23-10-13-6-4-3-5-7-13)20-15(22(14)9-8-18-11)17-19-12(2)21-24-17/h3-7H,8-10H2,1-2H3. The smallest absolute Gasteiger partial charge is 0.179 e. The molecule has 4 rings (SSSR count). The van der Waals surface area contributed by atoms with Crippen molar-refractivity contribution >= 4 is 29.0 Å². The van der Waals surface area contributed by atoms with Crippen LogP contribution in [0.1, 0.15) is 24.0 Å². The Hall–Kier alpha value is -1.99. The van der Waals surface area contributed by atoms with Crippen molar-refractivity contribution in [3.63, 3.8) is 0 Å². The molecule has 0 saturated carbocycles. The van der Waals surface area contributed by atoms with E-state index in [1.807, 2.05) is 13.0 Å². The fraction of sp³-hybridized carbons (Fsp3) is 0.294. The lowest BCUT2D eigenvalue weighted by Gasteiger charge is -2.15. The topological polar surface area (TPSA) is 56.0 Å². The number of rotatable bonds is 4. The van der Waals surface area contributed by atoms with Crippen molar-refractivity contribution in [2.24, 2.45) is 4.99 Å². The molecule has 0 aliphatic carbocycles. The van der Waals surface area contributed by atoms with Gasteiger partial charge in [-0.25, -0.2) is 9.97 Å². The van der Waals surface area contributed by atoms with E-state index in [1.54, 1.807) is 11.8 Å². The van der Waals surface area contributed by atoms with Gasteiger partial charge < -0.3 is 4.57 Å². The molecule has 1 aliphatic heterocycles. The maximum Gasteiger partial charge on any atom is 0.179 e. The van der Waals surface area contributed by atoms with Gasteiger partial charge in [-0.15, -0.1) is 0 Å². The van der Waals surface area contributed by atoms with E-state index in [0.29, 0.717) is 0 Å². The fourth-order valence-electron chi connectivity index (χ4n) is 2.77. The largest absolute Gasteiger partial charge is 0.318 e. The number of fused-ring (bicyclic) bond motifs is 1. The second-order valence-electron chi connectivity index (χ2n) is 5.63. The highest BCUT2D eigenvalue weighted by Crippen LogP contribution is 2.33. The first-order valence-corrected chi connectivity index (χ1v) is 9.57. The third-order valence-electron chi connectivity index (χ3n) is 3.89. The van der Waals surface area contributed by atoms with Gasteiger partial charge in [0.15, 0.2) is 10.8 Å².